The van der Waals surface area contributed by atoms with Crippen LogP contribution >= 0.6 is 11.6 Å². The van der Waals surface area contributed by atoms with Crippen LogP contribution in [0.15, 0.2) is 23.1 Å². The van der Waals surface area contributed by atoms with E-state index in [-0.39, 0.29) is 28.6 Å². The maximum atomic E-state index is 12.6. The Morgan fingerprint density at radius 3 is 2.23 bits per heavy atom. The van der Waals surface area contributed by atoms with Crippen LogP contribution < -0.4 is 0 Å². The minimum atomic E-state index is -3.84. The van der Waals surface area contributed by atoms with Crippen LogP contribution in [0.1, 0.15) is 45.0 Å². The SMILES string of the molecule is CCN(CC)S(=O)(=O)c1cc(C(=O)OCC(=O)OC(C)(C)C)ccc1Cl. The second-order valence-corrected chi connectivity index (χ2v) is 8.71. The highest BCUT2D eigenvalue weighted by Gasteiger charge is 2.26. The molecule has 146 valence electrons. The average molecular weight is 406 g/mol. The first-order chi connectivity index (χ1) is 11.9. The van der Waals surface area contributed by atoms with Gasteiger partial charge in [0.15, 0.2) is 6.61 Å². The van der Waals surface area contributed by atoms with E-state index >= 15 is 0 Å². The van der Waals surface area contributed by atoms with Crippen molar-refractivity contribution in [3.8, 4) is 0 Å². The molecule has 0 saturated heterocycles. The van der Waals surface area contributed by atoms with Crippen LogP contribution in [-0.4, -0.2) is 50.0 Å². The number of halogens is 1. The van der Waals surface area contributed by atoms with E-state index in [1.165, 1.54) is 16.4 Å². The predicted molar refractivity (Wildman–Crippen MR) is 97.7 cm³/mol. The van der Waals surface area contributed by atoms with Crippen LogP contribution in [0.5, 0.6) is 0 Å². The standard InChI is InChI=1S/C17H24ClNO6S/c1-6-19(7-2)26(22,23)14-10-12(8-9-13(14)18)16(21)24-11-15(20)25-17(3,4)5/h8-10H,6-7,11H2,1-5H3. The Morgan fingerprint density at radius 1 is 1.15 bits per heavy atom. The van der Waals surface area contributed by atoms with Crippen molar-refractivity contribution in [3.05, 3.63) is 28.8 Å². The summed E-state index contributed by atoms with van der Waals surface area (Å²) in [5.74, 6) is -1.54. The lowest BCUT2D eigenvalue weighted by molar-refractivity contribution is -0.158. The number of rotatable bonds is 7. The molecule has 0 aliphatic heterocycles. The van der Waals surface area contributed by atoms with Gasteiger partial charge in [0.05, 0.1) is 10.6 Å². The van der Waals surface area contributed by atoms with Crippen molar-refractivity contribution in [1.29, 1.82) is 0 Å². The first-order valence-electron chi connectivity index (χ1n) is 8.11. The van der Waals surface area contributed by atoms with Gasteiger partial charge in [-0.1, -0.05) is 25.4 Å². The normalized spacial score (nSPS) is 12.1. The summed E-state index contributed by atoms with van der Waals surface area (Å²) in [6, 6.07) is 3.79. The molecule has 0 heterocycles. The molecule has 9 heteroatoms. The third kappa shape index (κ3) is 5.96. The Kier molecular flexibility index (Phi) is 7.61. The van der Waals surface area contributed by atoms with Gasteiger partial charge in [0, 0.05) is 13.1 Å². The van der Waals surface area contributed by atoms with E-state index in [1.807, 2.05) is 0 Å². The zero-order valence-corrected chi connectivity index (χ0v) is 17.1. The third-order valence-corrected chi connectivity index (χ3v) is 5.76. The van der Waals surface area contributed by atoms with Crippen LogP contribution in [0.3, 0.4) is 0 Å². The lowest BCUT2D eigenvalue weighted by Gasteiger charge is -2.20. The molecule has 0 spiro atoms. The molecular weight excluding hydrogens is 382 g/mol. The Labute approximate surface area is 159 Å². The van der Waals surface area contributed by atoms with Crippen LogP contribution in [0.4, 0.5) is 0 Å². The van der Waals surface area contributed by atoms with Gasteiger partial charge in [-0.25, -0.2) is 18.0 Å². The van der Waals surface area contributed by atoms with E-state index in [0.717, 1.165) is 6.07 Å². The van der Waals surface area contributed by atoms with Gasteiger partial charge in [-0.2, -0.15) is 4.31 Å². The van der Waals surface area contributed by atoms with Crippen molar-refractivity contribution < 1.29 is 27.5 Å². The van der Waals surface area contributed by atoms with Crippen molar-refractivity contribution in [3.63, 3.8) is 0 Å². The summed E-state index contributed by atoms with van der Waals surface area (Å²) in [6.45, 7) is 8.44. The van der Waals surface area contributed by atoms with Gasteiger partial charge in [0.25, 0.3) is 0 Å². The van der Waals surface area contributed by atoms with E-state index in [2.05, 4.69) is 0 Å². The molecule has 0 aliphatic carbocycles. The van der Waals surface area contributed by atoms with Crippen LogP contribution in [0.25, 0.3) is 0 Å². The second kappa shape index (κ2) is 8.83. The number of benzene rings is 1. The number of ether oxygens (including phenoxy) is 2. The maximum absolute atomic E-state index is 12.6. The Hall–Kier alpha value is -1.64. The second-order valence-electron chi connectivity index (χ2n) is 6.40. The number of carbonyl (C=O) groups excluding carboxylic acids is 2. The molecule has 0 atom stereocenters. The number of sulfonamides is 1. The van der Waals surface area contributed by atoms with E-state index < -0.39 is 34.2 Å². The molecule has 0 fully saturated rings. The van der Waals surface area contributed by atoms with Crippen molar-refractivity contribution >= 4 is 33.6 Å². The summed E-state index contributed by atoms with van der Waals surface area (Å²) in [5, 5.41) is 0.000548. The molecule has 1 aromatic carbocycles. The first kappa shape index (κ1) is 22.4. The lowest BCUT2D eigenvalue weighted by Crippen LogP contribution is -2.31. The van der Waals surface area contributed by atoms with Crippen molar-refractivity contribution in [1.82, 2.24) is 4.31 Å². The molecule has 1 rings (SSSR count). The van der Waals surface area contributed by atoms with Crippen molar-refractivity contribution in [2.24, 2.45) is 0 Å². The van der Waals surface area contributed by atoms with Crippen LogP contribution in [0.2, 0.25) is 5.02 Å². The third-order valence-electron chi connectivity index (χ3n) is 3.23. The molecule has 0 amide bonds. The Balaban J connectivity index is 2.99. The number of esters is 2. The van der Waals surface area contributed by atoms with Gasteiger partial charge in [0.1, 0.15) is 10.5 Å². The number of hydrogen-bond donors (Lipinski definition) is 0. The minimum absolute atomic E-state index is 0.000548. The monoisotopic (exact) mass is 405 g/mol. The van der Waals surface area contributed by atoms with Gasteiger partial charge in [0.2, 0.25) is 10.0 Å². The molecule has 7 nitrogen and oxygen atoms in total. The lowest BCUT2D eigenvalue weighted by atomic mass is 10.2. The Morgan fingerprint density at radius 2 is 1.73 bits per heavy atom. The zero-order chi connectivity index (χ0) is 20.1. The molecule has 0 saturated carbocycles. The smallest absolute Gasteiger partial charge is 0.344 e. The summed E-state index contributed by atoms with van der Waals surface area (Å²) in [7, 11) is -3.84. The fourth-order valence-electron chi connectivity index (χ4n) is 2.11. The van der Waals surface area contributed by atoms with Gasteiger partial charge in [-0.15, -0.1) is 0 Å². The summed E-state index contributed by atoms with van der Waals surface area (Å²) in [4.78, 5) is 23.6. The van der Waals surface area contributed by atoms with Crippen molar-refractivity contribution in [2.45, 2.75) is 45.1 Å². The van der Waals surface area contributed by atoms with Gasteiger partial charge >= 0.3 is 11.9 Å². The highest BCUT2D eigenvalue weighted by atomic mass is 35.5. The molecule has 0 aromatic heterocycles. The summed E-state index contributed by atoms with van der Waals surface area (Å²) >= 11 is 6.01. The molecule has 0 unspecified atom stereocenters. The summed E-state index contributed by atoms with van der Waals surface area (Å²) in [5.41, 5.74) is -0.724. The van der Waals surface area contributed by atoms with Gasteiger partial charge in [-0.05, 0) is 39.0 Å². The summed E-state index contributed by atoms with van der Waals surface area (Å²) in [6.07, 6.45) is 0. The predicted octanol–water partition coefficient (Wildman–Crippen LogP) is 2.87. The molecule has 0 radical (unpaired) electrons. The fraction of sp³-hybridized carbons (Fsp3) is 0.529. The van der Waals surface area contributed by atoms with Crippen LogP contribution in [-0.2, 0) is 24.3 Å². The zero-order valence-electron chi connectivity index (χ0n) is 15.5. The number of nitrogens with zero attached hydrogens (tertiary/aromatic N) is 1. The van der Waals surface area contributed by atoms with E-state index in [9.17, 15) is 18.0 Å². The maximum Gasteiger partial charge on any atom is 0.344 e. The van der Waals surface area contributed by atoms with E-state index in [1.54, 1.807) is 34.6 Å². The molecule has 0 bridgehead atoms. The van der Waals surface area contributed by atoms with Crippen molar-refractivity contribution in [2.75, 3.05) is 19.7 Å². The van der Waals surface area contributed by atoms with Crippen LogP contribution in [0, 0.1) is 0 Å². The Bertz CT molecular complexity index is 766. The number of carbonyl (C=O) groups is 2. The fourth-order valence-corrected chi connectivity index (χ4v) is 4.07. The highest BCUT2D eigenvalue weighted by Crippen LogP contribution is 2.26. The largest absolute Gasteiger partial charge is 0.457 e. The van der Waals surface area contributed by atoms with Gasteiger partial charge in [-0.3, -0.25) is 0 Å². The molecule has 0 aliphatic rings. The first-order valence-corrected chi connectivity index (χ1v) is 9.92. The molecular formula is C17H24ClNO6S. The quantitative estimate of drug-likeness (QED) is 0.648. The molecule has 1 aromatic rings. The highest BCUT2D eigenvalue weighted by molar-refractivity contribution is 7.89. The van der Waals surface area contributed by atoms with Gasteiger partial charge < -0.3 is 9.47 Å². The molecule has 0 N–H and O–H groups in total. The van der Waals surface area contributed by atoms with E-state index in [4.69, 9.17) is 21.1 Å². The average Bonchev–Trinajstić information content (AvgIpc) is 2.52. The number of hydrogen-bond acceptors (Lipinski definition) is 6. The minimum Gasteiger partial charge on any atom is -0.457 e. The van der Waals surface area contributed by atoms with E-state index in [0.29, 0.717) is 0 Å². The summed E-state index contributed by atoms with van der Waals surface area (Å²) < 4.78 is 36.4. The topological polar surface area (TPSA) is 90.0 Å². The molecule has 26 heavy (non-hydrogen) atoms.